The summed E-state index contributed by atoms with van der Waals surface area (Å²) in [5, 5.41) is 2.78. The van der Waals surface area contributed by atoms with Crippen LogP contribution in [0.3, 0.4) is 0 Å². The number of aryl methyl sites for hydroxylation is 2. The quantitative estimate of drug-likeness (QED) is 0.433. The molecule has 0 spiro atoms. The third-order valence-electron chi connectivity index (χ3n) is 4.69. The van der Waals surface area contributed by atoms with Crippen molar-refractivity contribution in [1.29, 1.82) is 0 Å². The first kappa shape index (κ1) is 17.9. The van der Waals surface area contributed by atoms with E-state index in [1.165, 1.54) is 11.1 Å². The van der Waals surface area contributed by atoms with Gasteiger partial charge in [-0.2, -0.15) is 0 Å². The van der Waals surface area contributed by atoms with Crippen LogP contribution in [0.1, 0.15) is 21.6 Å². The molecule has 0 radical (unpaired) electrons. The van der Waals surface area contributed by atoms with E-state index in [2.05, 4.69) is 26.0 Å². The lowest BCUT2D eigenvalue weighted by atomic mass is 10.1. The van der Waals surface area contributed by atoms with Crippen LogP contribution in [0.15, 0.2) is 60.0 Å². The second kappa shape index (κ2) is 7.62. The monoisotopic (exact) mass is 392 g/mol. The molecule has 0 bridgehead atoms. The number of hydrogen-bond donors (Lipinski definition) is 0. The van der Waals surface area contributed by atoms with E-state index in [0.717, 1.165) is 25.8 Å². The maximum absolute atomic E-state index is 13.1. The molecular weight excluding hydrogens is 372 g/mol. The summed E-state index contributed by atoms with van der Waals surface area (Å²) < 4.78 is 1.12. The minimum Gasteiger partial charge on any atom is -0.283 e. The molecule has 3 nitrogen and oxygen atoms in total. The lowest BCUT2D eigenvalue weighted by Gasteiger charge is -2.20. The topological polar surface area (TPSA) is 33.2 Å². The molecule has 2 aromatic heterocycles. The van der Waals surface area contributed by atoms with Crippen LogP contribution in [0, 0.1) is 13.8 Å². The molecule has 1 amide bonds. The number of fused-ring (bicyclic) bond motifs is 1. The number of anilines is 1. The summed E-state index contributed by atoms with van der Waals surface area (Å²) in [6.07, 6.45) is 0.401. The fraction of sp³-hybridized carbons (Fsp3) is 0.182. The molecule has 27 heavy (non-hydrogen) atoms. The minimum absolute atomic E-state index is 0.0785. The van der Waals surface area contributed by atoms with Gasteiger partial charge in [-0.15, -0.1) is 11.3 Å². The number of aromatic nitrogens is 1. The van der Waals surface area contributed by atoms with Gasteiger partial charge in [0.15, 0.2) is 5.13 Å². The number of nitrogens with zero attached hydrogens (tertiary/aromatic N) is 2. The normalized spacial score (nSPS) is 11.0. The highest BCUT2D eigenvalue weighted by molar-refractivity contribution is 7.22. The number of thiazole rings is 1. The van der Waals surface area contributed by atoms with Gasteiger partial charge in [0.2, 0.25) is 5.91 Å². The van der Waals surface area contributed by atoms with E-state index < -0.39 is 0 Å². The van der Waals surface area contributed by atoms with Crippen LogP contribution < -0.4 is 4.90 Å². The van der Waals surface area contributed by atoms with Crippen LogP contribution in [-0.4, -0.2) is 10.9 Å². The molecule has 2 aromatic carbocycles. The van der Waals surface area contributed by atoms with Gasteiger partial charge in [0, 0.05) is 4.88 Å². The maximum atomic E-state index is 13.1. The van der Waals surface area contributed by atoms with Gasteiger partial charge in [0.25, 0.3) is 0 Å². The van der Waals surface area contributed by atoms with E-state index in [-0.39, 0.29) is 5.91 Å². The van der Waals surface area contributed by atoms with Crippen LogP contribution in [-0.2, 0) is 17.8 Å². The Labute approximate surface area is 166 Å². The second-order valence-corrected chi connectivity index (χ2v) is 8.61. The lowest BCUT2D eigenvalue weighted by molar-refractivity contribution is -0.118. The van der Waals surface area contributed by atoms with Crippen molar-refractivity contribution in [3.8, 4) is 0 Å². The lowest BCUT2D eigenvalue weighted by Crippen LogP contribution is -2.31. The average Bonchev–Trinajstić information content (AvgIpc) is 3.33. The van der Waals surface area contributed by atoms with Gasteiger partial charge in [0.1, 0.15) is 0 Å². The third-order valence-corrected chi connectivity index (χ3v) is 6.61. The number of carbonyl (C=O) groups is 1. The summed E-state index contributed by atoms with van der Waals surface area (Å²) in [5.41, 5.74) is 4.50. The van der Waals surface area contributed by atoms with Crippen LogP contribution in [0.5, 0.6) is 0 Å². The van der Waals surface area contributed by atoms with Crippen molar-refractivity contribution in [2.24, 2.45) is 0 Å². The summed E-state index contributed by atoms with van der Waals surface area (Å²) in [4.78, 5) is 20.9. The average molecular weight is 393 g/mol. The Balaban J connectivity index is 1.72. The van der Waals surface area contributed by atoms with Crippen molar-refractivity contribution in [2.45, 2.75) is 26.8 Å². The number of thiophene rings is 1. The molecule has 0 unspecified atom stereocenters. The van der Waals surface area contributed by atoms with E-state index in [1.54, 1.807) is 22.7 Å². The molecule has 4 aromatic rings. The Hall–Kier alpha value is -2.50. The van der Waals surface area contributed by atoms with Gasteiger partial charge in [-0.3, -0.25) is 9.69 Å². The predicted molar refractivity (Wildman–Crippen MR) is 115 cm³/mol. The molecule has 0 aliphatic carbocycles. The molecule has 0 atom stereocenters. The van der Waals surface area contributed by atoms with Crippen molar-refractivity contribution in [3.63, 3.8) is 0 Å². The van der Waals surface area contributed by atoms with Gasteiger partial charge in [0.05, 0.1) is 23.2 Å². The zero-order chi connectivity index (χ0) is 18.8. The largest absolute Gasteiger partial charge is 0.283 e. The molecule has 0 N–H and O–H groups in total. The molecule has 0 saturated carbocycles. The van der Waals surface area contributed by atoms with Crippen LogP contribution in [0.25, 0.3) is 10.2 Å². The Morgan fingerprint density at radius 1 is 1.04 bits per heavy atom. The highest BCUT2D eigenvalue weighted by Crippen LogP contribution is 2.33. The SMILES string of the molecule is Cc1ccc2sc(N(Cc3ccccc3)C(=O)Cc3cccs3)nc2c1C. The molecule has 0 saturated heterocycles. The zero-order valence-corrected chi connectivity index (χ0v) is 16.9. The number of rotatable bonds is 5. The molecule has 5 heteroatoms. The fourth-order valence-corrected chi connectivity index (χ4v) is 4.75. The Morgan fingerprint density at radius 3 is 2.59 bits per heavy atom. The molecule has 0 aliphatic heterocycles. The van der Waals surface area contributed by atoms with Crippen molar-refractivity contribution in [2.75, 3.05) is 4.90 Å². The second-order valence-electron chi connectivity index (χ2n) is 6.57. The Morgan fingerprint density at radius 2 is 1.85 bits per heavy atom. The van der Waals surface area contributed by atoms with Gasteiger partial charge in [-0.05, 0) is 48.1 Å². The third kappa shape index (κ3) is 3.80. The number of carbonyl (C=O) groups excluding carboxylic acids is 1. The van der Waals surface area contributed by atoms with Gasteiger partial charge >= 0.3 is 0 Å². The summed E-state index contributed by atoms with van der Waals surface area (Å²) in [7, 11) is 0. The van der Waals surface area contributed by atoms with Crippen molar-refractivity contribution in [3.05, 3.63) is 81.5 Å². The van der Waals surface area contributed by atoms with Crippen LogP contribution in [0.2, 0.25) is 0 Å². The molecule has 4 rings (SSSR count). The van der Waals surface area contributed by atoms with Crippen molar-refractivity contribution >= 4 is 43.9 Å². The summed E-state index contributed by atoms with van der Waals surface area (Å²) >= 11 is 3.20. The fourth-order valence-electron chi connectivity index (χ4n) is 3.02. The van der Waals surface area contributed by atoms with Crippen molar-refractivity contribution in [1.82, 2.24) is 4.98 Å². The van der Waals surface area contributed by atoms with Gasteiger partial charge in [-0.1, -0.05) is 53.8 Å². The molecule has 136 valence electrons. The van der Waals surface area contributed by atoms with Crippen molar-refractivity contribution < 1.29 is 4.79 Å². The van der Waals surface area contributed by atoms with E-state index >= 15 is 0 Å². The minimum atomic E-state index is 0.0785. The number of amides is 1. The van der Waals surface area contributed by atoms with Gasteiger partial charge in [-0.25, -0.2) is 4.98 Å². The highest BCUT2D eigenvalue weighted by Gasteiger charge is 2.21. The van der Waals surface area contributed by atoms with Gasteiger partial charge < -0.3 is 0 Å². The summed E-state index contributed by atoms with van der Waals surface area (Å²) in [5.74, 6) is 0.0785. The molecule has 2 heterocycles. The first-order valence-corrected chi connectivity index (χ1v) is 10.5. The summed E-state index contributed by atoms with van der Waals surface area (Å²) in [6, 6.07) is 18.3. The molecular formula is C22H20N2OS2. The summed E-state index contributed by atoms with van der Waals surface area (Å²) in [6.45, 7) is 4.72. The number of benzene rings is 2. The smallest absolute Gasteiger partial charge is 0.234 e. The standard InChI is InChI=1S/C22H20N2OS2/c1-15-10-11-19-21(16(15)2)23-22(27-19)24(14-17-7-4-3-5-8-17)20(25)13-18-9-6-12-26-18/h3-12H,13-14H2,1-2H3. The van der Waals surface area contributed by atoms with E-state index in [4.69, 9.17) is 4.98 Å². The zero-order valence-electron chi connectivity index (χ0n) is 15.3. The molecule has 0 aliphatic rings. The van der Waals surface area contributed by atoms with Crippen LogP contribution >= 0.6 is 22.7 Å². The Bertz CT molecular complexity index is 1070. The van der Waals surface area contributed by atoms with E-state index in [9.17, 15) is 4.79 Å². The van der Waals surface area contributed by atoms with E-state index in [0.29, 0.717) is 13.0 Å². The first-order chi connectivity index (χ1) is 13.1. The maximum Gasteiger partial charge on any atom is 0.234 e. The highest BCUT2D eigenvalue weighted by atomic mass is 32.1. The first-order valence-electron chi connectivity index (χ1n) is 8.85. The predicted octanol–water partition coefficient (Wildman–Crippen LogP) is 5.75. The van der Waals surface area contributed by atoms with E-state index in [1.807, 2.05) is 52.7 Å². The number of hydrogen-bond acceptors (Lipinski definition) is 4. The Kier molecular flexibility index (Phi) is 5.05. The molecule has 0 fully saturated rings. The van der Waals surface area contributed by atoms with Crippen LogP contribution in [0.4, 0.5) is 5.13 Å².